The number of amides is 1. The van der Waals surface area contributed by atoms with Crippen LogP contribution in [0.4, 0.5) is 5.69 Å². The maximum Gasteiger partial charge on any atom is 0.257 e. The summed E-state index contributed by atoms with van der Waals surface area (Å²) < 4.78 is 2.26. The highest BCUT2D eigenvalue weighted by molar-refractivity contribution is 6.12. The van der Waals surface area contributed by atoms with Crippen LogP contribution in [0.2, 0.25) is 0 Å². The normalized spacial score (nSPS) is 13.1. The van der Waals surface area contributed by atoms with E-state index in [2.05, 4.69) is 25.9 Å². The first-order valence-corrected chi connectivity index (χ1v) is 8.82. The molecule has 0 bridgehead atoms. The van der Waals surface area contributed by atoms with Gasteiger partial charge in [0.2, 0.25) is 0 Å². The summed E-state index contributed by atoms with van der Waals surface area (Å²) in [5.41, 5.74) is 4.58. The zero-order chi connectivity index (χ0) is 17.5. The van der Waals surface area contributed by atoms with E-state index in [0.29, 0.717) is 5.56 Å². The summed E-state index contributed by atoms with van der Waals surface area (Å²) in [6, 6.07) is 15.8. The van der Waals surface area contributed by atoms with Crippen molar-refractivity contribution < 1.29 is 4.79 Å². The minimum absolute atomic E-state index is 0.113. The van der Waals surface area contributed by atoms with Gasteiger partial charge in [0.1, 0.15) is 5.82 Å². The van der Waals surface area contributed by atoms with Crippen LogP contribution in [-0.4, -0.2) is 20.4 Å². The Bertz CT molecular complexity index is 1120. The molecule has 128 valence electrons. The number of hydrogen-bond acceptors (Lipinski definition) is 2. The number of hydrogen-bond donors (Lipinski definition) is 2. The van der Waals surface area contributed by atoms with Crippen molar-refractivity contribution in [2.24, 2.45) is 0 Å². The minimum Gasteiger partial charge on any atom is -0.360 e. The first-order valence-electron chi connectivity index (χ1n) is 8.82. The number of aryl methyl sites for hydroxylation is 1. The van der Waals surface area contributed by atoms with E-state index in [1.807, 2.05) is 48.7 Å². The summed E-state index contributed by atoms with van der Waals surface area (Å²) in [4.78, 5) is 20.4. The van der Waals surface area contributed by atoms with Crippen molar-refractivity contribution >= 4 is 22.5 Å². The molecule has 3 heterocycles. The average Bonchev–Trinajstić information content (AvgIpc) is 3.37. The summed E-state index contributed by atoms with van der Waals surface area (Å²) >= 11 is 0. The minimum atomic E-state index is -0.113. The molecule has 1 amide bonds. The summed E-state index contributed by atoms with van der Waals surface area (Å²) in [5.74, 6) is 1.03. The number of H-pyrrole nitrogens is 1. The Balaban J connectivity index is 1.45. The van der Waals surface area contributed by atoms with Crippen LogP contribution in [0.25, 0.3) is 22.2 Å². The van der Waals surface area contributed by atoms with Gasteiger partial charge >= 0.3 is 0 Å². The second-order valence-electron chi connectivity index (χ2n) is 6.60. The molecule has 4 aromatic rings. The summed E-state index contributed by atoms with van der Waals surface area (Å²) in [7, 11) is 0. The van der Waals surface area contributed by atoms with E-state index < -0.39 is 0 Å². The SMILES string of the molecule is O=C(Nc1cccc(-c2cnc3n2CCC3)c1)c1c[nH]c2ccccc12. The number of rotatable bonds is 3. The van der Waals surface area contributed by atoms with Gasteiger partial charge in [-0.05, 0) is 24.6 Å². The van der Waals surface area contributed by atoms with Crippen LogP contribution >= 0.6 is 0 Å². The number of para-hydroxylation sites is 1. The van der Waals surface area contributed by atoms with E-state index in [4.69, 9.17) is 0 Å². The number of nitrogens with zero attached hydrogens (tertiary/aromatic N) is 2. The fourth-order valence-electron chi connectivity index (χ4n) is 3.70. The number of nitrogens with one attached hydrogen (secondary N) is 2. The molecule has 1 aliphatic heterocycles. The van der Waals surface area contributed by atoms with E-state index in [-0.39, 0.29) is 5.91 Å². The molecule has 0 saturated carbocycles. The topological polar surface area (TPSA) is 62.7 Å². The summed E-state index contributed by atoms with van der Waals surface area (Å²) in [6.07, 6.45) is 5.87. The van der Waals surface area contributed by atoms with Crippen LogP contribution in [0.15, 0.2) is 60.9 Å². The van der Waals surface area contributed by atoms with Gasteiger partial charge in [-0.2, -0.15) is 0 Å². The number of aromatic amines is 1. The lowest BCUT2D eigenvalue weighted by atomic mass is 10.1. The Hall–Kier alpha value is -3.34. The first kappa shape index (κ1) is 15.0. The lowest BCUT2D eigenvalue weighted by Crippen LogP contribution is -2.11. The predicted octanol–water partition coefficient (Wildman–Crippen LogP) is 4.23. The van der Waals surface area contributed by atoms with Gasteiger partial charge in [-0.3, -0.25) is 4.79 Å². The van der Waals surface area contributed by atoms with Gasteiger partial charge in [0.25, 0.3) is 5.91 Å². The van der Waals surface area contributed by atoms with Crippen molar-refractivity contribution in [3.05, 3.63) is 72.3 Å². The van der Waals surface area contributed by atoms with Crippen LogP contribution in [0, 0.1) is 0 Å². The predicted molar refractivity (Wildman–Crippen MR) is 102 cm³/mol. The Labute approximate surface area is 150 Å². The Morgan fingerprint density at radius 1 is 1.15 bits per heavy atom. The number of imidazole rings is 1. The fraction of sp³-hybridized carbons (Fsp3) is 0.143. The Morgan fingerprint density at radius 3 is 3.04 bits per heavy atom. The van der Waals surface area contributed by atoms with Crippen molar-refractivity contribution in [2.75, 3.05) is 5.32 Å². The molecule has 5 nitrogen and oxygen atoms in total. The van der Waals surface area contributed by atoms with Gasteiger partial charge in [0.15, 0.2) is 0 Å². The molecule has 0 fully saturated rings. The molecule has 1 aliphatic rings. The molecule has 0 saturated heterocycles. The second kappa shape index (κ2) is 5.88. The third kappa shape index (κ3) is 2.40. The molecule has 5 rings (SSSR count). The van der Waals surface area contributed by atoms with Gasteiger partial charge in [0, 0.05) is 41.3 Å². The number of aromatic nitrogens is 3. The zero-order valence-electron chi connectivity index (χ0n) is 14.2. The van der Waals surface area contributed by atoms with Gasteiger partial charge in [-0.1, -0.05) is 30.3 Å². The highest BCUT2D eigenvalue weighted by Gasteiger charge is 2.17. The third-order valence-electron chi connectivity index (χ3n) is 4.97. The fourth-order valence-corrected chi connectivity index (χ4v) is 3.70. The smallest absolute Gasteiger partial charge is 0.257 e. The van der Waals surface area contributed by atoms with Crippen molar-refractivity contribution in [3.8, 4) is 11.3 Å². The molecule has 0 atom stereocenters. The first-order chi connectivity index (χ1) is 12.8. The number of carbonyl (C=O) groups is 1. The van der Waals surface area contributed by atoms with Gasteiger partial charge in [-0.15, -0.1) is 0 Å². The Kier molecular flexibility index (Phi) is 3.38. The van der Waals surface area contributed by atoms with Gasteiger partial charge < -0.3 is 14.9 Å². The average molecular weight is 342 g/mol. The molecule has 0 aliphatic carbocycles. The number of benzene rings is 2. The molecule has 5 heteroatoms. The maximum absolute atomic E-state index is 12.7. The molecule has 0 radical (unpaired) electrons. The molecule has 0 spiro atoms. The molecule has 2 N–H and O–H groups in total. The number of anilines is 1. The van der Waals surface area contributed by atoms with Gasteiger partial charge in [-0.25, -0.2) is 4.98 Å². The maximum atomic E-state index is 12.7. The van der Waals surface area contributed by atoms with Crippen molar-refractivity contribution in [2.45, 2.75) is 19.4 Å². The van der Waals surface area contributed by atoms with Crippen LogP contribution in [-0.2, 0) is 13.0 Å². The molecule has 2 aromatic heterocycles. The van der Waals surface area contributed by atoms with Crippen LogP contribution in [0.5, 0.6) is 0 Å². The highest BCUT2D eigenvalue weighted by atomic mass is 16.1. The van der Waals surface area contributed by atoms with E-state index >= 15 is 0 Å². The highest BCUT2D eigenvalue weighted by Crippen LogP contribution is 2.28. The van der Waals surface area contributed by atoms with E-state index in [1.54, 1.807) is 6.20 Å². The third-order valence-corrected chi connectivity index (χ3v) is 4.97. The van der Waals surface area contributed by atoms with Crippen LogP contribution < -0.4 is 5.32 Å². The second-order valence-corrected chi connectivity index (χ2v) is 6.60. The quantitative estimate of drug-likeness (QED) is 0.585. The van der Waals surface area contributed by atoms with Crippen molar-refractivity contribution in [3.63, 3.8) is 0 Å². The lowest BCUT2D eigenvalue weighted by Gasteiger charge is -2.09. The van der Waals surface area contributed by atoms with Gasteiger partial charge in [0.05, 0.1) is 17.5 Å². The molecular formula is C21H18N4O. The van der Waals surface area contributed by atoms with E-state index in [1.165, 1.54) is 0 Å². The summed E-state index contributed by atoms with van der Waals surface area (Å²) in [6.45, 7) is 1.01. The standard InChI is InChI=1S/C21H18N4O/c26-21(17-12-22-18-8-2-1-7-16(17)18)24-15-6-3-5-14(11-15)19-13-23-20-9-4-10-25(19)20/h1-3,5-8,11-13,22H,4,9-10H2,(H,24,26). The Morgan fingerprint density at radius 2 is 2.08 bits per heavy atom. The number of fused-ring (bicyclic) bond motifs is 2. The van der Waals surface area contributed by atoms with E-state index in [0.717, 1.165) is 53.1 Å². The molecular weight excluding hydrogens is 324 g/mol. The van der Waals surface area contributed by atoms with E-state index in [9.17, 15) is 4.79 Å². The zero-order valence-corrected chi connectivity index (χ0v) is 14.2. The van der Waals surface area contributed by atoms with Crippen molar-refractivity contribution in [1.29, 1.82) is 0 Å². The largest absolute Gasteiger partial charge is 0.360 e. The monoisotopic (exact) mass is 342 g/mol. The van der Waals surface area contributed by atoms with Crippen LogP contribution in [0.3, 0.4) is 0 Å². The summed E-state index contributed by atoms with van der Waals surface area (Å²) in [5, 5.41) is 3.94. The molecule has 2 aromatic carbocycles. The van der Waals surface area contributed by atoms with Crippen molar-refractivity contribution in [1.82, 2.24) is 14.5 Å². The number of carbonyl (C=O) groups excluding carboxylic acids is 1. The van der Waals surface area contributed by atoms with Crippen LogP contribution in [0.1, 0.15) is 22.6 Å². The molecule has 0 unspecified atom stereocenters. The molecule has 26 heavy (non-hydrogen) atoms. The lowest BCUT2D eigenvalue weighted by molar-refractivity contribution is 0.102.